The Labute approximate surface area is 176 Å². The number of anilines is 1. The highest BCUT2D eigenvalue weighted by molar-refractivity contribution is 5.96. The van der Waals surface area contributed by atoms with Crippen LogP contribution in [-0.4, -0.2) is 48.3 Å². The van der Waals surface area contributed by atoms with E-state index in [1.54, 1.807) is 0 Å². The number of piperazine rings is 1. The number of aryl methyl sites for hydroxylation is 1. The second-order valence-corrected chi connectivity index (χ2v) is 7.94. The number of carboxylic acids is 2. The lowest BCUT2D eigenvalue weighted by Gasteiger charge is -2.30. The van der Waals surface area contributed by atoms with Gasteiger partial charge in [0.1, 0.15) is 0 Å². The van der Waals surface area contributed by atoms with Crippen molar-refractivity contribution in [3.8, 4) is 0 Å². The van der Waals surface area contributed by atoms with Gasteiger partial charge in [-0.1, -0.05) is 48.6 Å². The molecule has 2 aromatic carbocycles. The van der Waals surface area contributed by atoms with Gasteiger partial charge in [-0.3, -0.25) is 4.79 Å². The molecule has 3 N–H and O–H groups in total. The third kappa shape index (κ3) is 4.71. The number of carbonyl (C=O) groups is 2. The molecular formula is C24H28N2O4. The fourth-order valence-electron chi connectivity index (χ4n) is 3.80. The highest BCUT2D eigenvalue weighted by atomic mass is 16.4. The fraction of sp³-hybridized carbons (Fsp3) is 0.333. The molecule has 6 nitrogen and oxygen atoms in total. The Morgan fingerprint density at radius 1 is 1.03 bits per heavy atom. The van der Waals surface area contributed by atoms with Gasteiger partial charge < -0.3 is 20.4 Å². The first-order chi connectivity index (χ1) is 14.3. The quantitative estimate of drug-likeness (QED) is 0.719. The third-order valence-corrected chi connectivity index (χ3v) is 5.66. The number of carboxylic acid groups (broad SMARTS) is 2. The first-order valence-electron chi connectivity index (χ1n) is 10.1. The van der Waals surface area contributed by atoms with Gasteiger partial charge in [-0.2, -0.15) is 0 Å². The summed E-state index contributed by atoms with van der Waals surface area (Å²) in [4.78, 5) is 23.8. The summed E-state index contributed by atoms with van der Waals surface area (Å²) in [5.74, 6) is -2.06. The van der Waals surface area contributed by atoms with Crippen molar-refractivity contribution >= 4 is 28.4 Å². The van der Waals surface area contributed by atoms with Crippen LogP contribution in [0.2, 0.25) is 0 Å². The molecule has 1 heterocycles. The molecule has 2 aromatic rings. The lowest BCUT2D eigenvalue weighted by Crippen LogP contribution is -2.43. The second kappa shape index (κ2) is 9.13. The van der Waals surface area contributed by atoms with Crippen molar-refractivity contribution in [2.75, 3.05) is 31.1 Å². The van der Waals surface area contributed by atoms with Gasteiger partial charge in [-0.15, -0.1) is 0 Å². The molecule has 0 amide bonds. The van der Waals surface area contributed by atoms with Crippen molar-refractivity contribution in [1.82, 2.24) is 5.32 Å². The predicted octanol–water partition coefficient (Wildman–Crippen LogP) is 3.61. The smallest absolute Gasteiger partial charge is 0.331 e. The van der Waals surface area contributed by atoms with Crippen molar-refractivity contribution in [3.63, 3.8) is 0 Å². The van der Waals surface area contributed by atoms with Crippen LogP contribution in [0.3, 0.4) is 0 Å². The van der Waals surface area contributed by atoms with E-state index < -0.39 is 17.4 Å². The van der Waals surface area contributed by atoms with Crippen molar-refractivity contribution in [2.45, 2.75) is 20.3 Å². The highest BCUT2D eigenvalue weighted by Crippen LogP contribution is 2.31. The molecule has 1 saturated heterocycles. The summed E-state index contributed by atoms with van der Waals surface area (Å²) in [5, 5.41) is 23.6. The van der Waals surface area contributed by atoms with Crippen LogP contribution in [0.1, 0.15) is 18.9 Å². The summed E-state index contributed by atoms with van der Waals surface area (Å²) in [5.41, 5.74) is 1.79. The summed E-state index contributed by atoms with van der Waals surface area (Å²) in [6.45, 7) is 8.07. The van der Waals surface area contributed by atoms with Crippen LogP contribution in [0.15, 0.2) is 60.2 Å². The van der Waals surface area contributed by atoms with Gasteiger partial charge in [0.15, 0.2) is 0 Å². The van der Waals surface area contributed by atoms with Gasteiger partial charge in [0.25, 0.3) is 0 Å². The molecule has 2 aliphatic rings. The number of fused-ring (bicyclic) bond motifs is 1. The zero-order valence-electron chi connectivity index (χ0n) is 17.4. The highest BCUT2D eigenvalue weighted by Gasteiger charge is 2.34. The van der Waals surface area contributed by atoms with Gasteiger partial charge >= 0.3 is 11.9 Å². The van der Waals surface area contributed by atoms with E-state index >= 15 is 0 Å². The van der Waals surface area contributed by atoms with E-state index in [9.17, 15) is 9.59 Å². The maximum atomic E-state index is 10.8. The predicted molar refractivity (Wildman–Crippen MR) is 119 cm³/mol. The number of nitrogens with zero attached hydrogens (tertiary/aromatic N) is 1. The fourth-order valence-corrected chi connectivity index (χ4v) is 3.80. The molecule has 0 aromatic heterocycles. The third-order valence-electron chi connectivity index (χ3n) is 5.66. The maximum absolute atomic E-state index is 10.8. The molecule has 1 fully saturated rings. The maximum Gasteiger partial charge on any atom is 0.331 e. The lowest BCUT2D eigenvalue weighted by molar-refractivity contribution is -0.145. The molecule has 1 aliphatic carbocycles. The van der Waals surface area contributed by atoms with Crippen LogP contribution in [0, 0.1) is 12.3 Å². The van der Waals surface area contributed by atoms with E-state index in [0.29, 0.717) is 0 Å². The Morgan fingerprint density at radius 2 is 1.70 bits per heavy atom. The van der Waals surface area contributed by atoms with E-state index in [2.05, 4.69) is 53.5 Å². The first kappa shape index (κ1) is 21.6. The molecule has 0 unspecified atom stereocenters. The van der Waals surface area contributed by atoms with Crippen molar-refractivity contribution in [2.24, 2.45) is 5.41 Å². The Bertz CT molecular complexity index is 1010. The van der Waals surface area contributed by atoms with E-state index in [-0.39, 0.29) is 12.0 Å². The molecule has 30 heavy (non-hydrogen) atoms. The number of allylic oxidation sites excluding steroid dienone is 2. The number of rotatable bonds is 3. The normalized spacial score (nSPS) is 20.9. The van der Waals surface area contributed by atoms with Gasteiger partial charge in [0.05, 0.1) is 5.41 Å². The van der Waals surface area contributed by atoms with E-state index in [0.717, 1.165) is 26.2 Å². The SMILES string of the molecule is C[C@@]1(C(=O)O)C=CC=C(C(=O)O)C1.Cc1ccc(N2CCNCC2)c2ccccc12. The summed E-state index contributed by atoms with van der Waals surface area (Å²) < 4.78 is 0. The topological polar surface area (TPSA) is 89.9 Å². The Morgan fingerprint density at radius 3 is 2.33 bits per heavy atom. The minimum absolute atomic E-state index is 0.0359. The number of aliphatic carboxylic acids is 2. The van der Waals surface area contributed by atoms with Crippen LogP contribution in [-0.2, 0) is 9.59 Å². The first-order valence-corrected chi connectivity index (χ1v) is 10.1. The minimum Gasteiger partial charge on any atom is -0.481 e. The summed E-state index contributed by atoms with van der Waals surface area (Å²) in [6.07, 6.45) is 4.43. The van der Waals surface area contributed by atoms with Gasteiger partial charge in [0.2, 0.25) is 0 Å². The van der Waals surface area contributed by atoms with E-state index in [1.165, 1.54) is 47.2 Å². The molecule has 0 spiro atoms. The second-order valence-electron chi connectivity index (χ2n) is 7.94. The van der Waals surface area contributed by atoms with Crippen LogP contribution in [0.25, 0.3) is 10.8 Å². The Hall–Kier alpha value is -3.12. The standard InChI is InChI=1S/C15H18N2.C9H10O4/c1-12-6-7-15(17-10-8-16-9-11-17)14-5-3-2-4-13(12)14;1-9(8(12)13)4-2-3-6(5-9)7(10)11/h2-7,16H,8-11H2,1H3;2-4H,5H2,1H3,(H,10,11)(H,12,13)/t;9-/m.1/s1. The van der Waals surface area contributed by atoms with E-state index in [4.69, 9.17) is 10.2 Å². The number of hydrogen-bond acceptors (Lipinski definition) is 4. The van der Waals surface area contributed by atoms with Crippen molar-refractivity contribution < 1.29 is 19.8 Å². The molecule has 0 bridgehead atoms. The largest absolute Gasteiger partial charge is 0.481 e. The monoisotopic (exact) mass is 408 g/mol. The molecule has 1 aliphatic heterocycles. The molecule has 6 heteroatoms. The zero-order chi connectivity index (χ0) is 21.7. The minimum atomic E-state index is -1.08. The number of hydrogen-bond donors (Lipinski definition) is 3. The van der Waals surface area contributed by atoms with Crippen LogP contribution in [0.5, 0.6) is 0 Å². The summed E-state index contributed by atoms with van der Waals surface area (Å²) >= 11 is 0. The summed E-state index contributed by atoms with van der Waals surface area (Å²) in [6, 6.07) is 13.2. The molecule has 158 valence electrons. The average molecular weight is 408 g/mol. The summed E-state index contributed by atoms with van der Waals surface area (Å²) in [7, 11) is 0. The Balaban J connectivity index is 0.000000178. The molecule has 0 radical (unpaired) electrons. The molecule has 1 atom stereocenters. The zero-order valence-corrected chi connectivity index (χ0v) is 17.4. The van der Waals surface area contributed by atoms with Crippen LogP contribution < -0.4 is 10.2 Å². The van der Waals surface area contributed by atoms with Crippen molar-refractivity contribution in [3.05, 3.63) is 65.8 Å². The van der Waals surface area contributed by atoms with E-state index in [1.807, 2.05) is 0 Å². The lowest BCUT2D eigenvalue weighted by atomic mass is 9.80. The number of nitrogens with one attached hydrogen (secondary N) is 1. The number of benzene rings is 2. The van der Waals surface area contributed by atoms with Gasteiger partial charge in [-0.05, 0) is 37.3 Å². The molecule has 0 saturated carbocycles. The molecular weight excluding hydrogens is 380 g/mol. The van der Waals surface area contributed by atoms with Crippen LogP contribution in [0.4, 0.5) is 5.69 Å². The Kier molecular flexibility index (Phi) is 6.57. The van der Waals surface area contributed by atoms with Gasteiger partial charge in [0, 0.05) is 42.8 Å². The average Bonchev–Trinajstić information content (AvgIpc) is 2.75. The van der Waals surface area contributed by atoms with Crippen LogP contribution >= 0.6 is 0 Å². The molecule has 4 rings (SSSR count). The van der Waals surface area contributed by atoms with Gasteiger partial charge in [-0.25, -0.2) is 4.79 Å². The van der Waals surface area contributed by atoms with Crippen molar-refractivity contribution in [1.29, 1.82) is 0 Å².